The Bertz CT molecular complexity index is 1160. The lowest BCUT2D eigenvalue weighted by Crippen LogP contribution is -2.34. The van der Waals surface area contributed by atoms with Crippen LogP contribution < -0.4 is 10.2 Å². The third-order valence-corrected chi connectivity index (χ3v) is 5.53. The number of alkyl halides is 3. The zero-order chi connectivity index (χ0) is 24.3. The van der Waals surface area contributed by atoms with Crippen molar-refractivity contribution in [2.24, 2.45) is 5.92 Å². The van der Waals surface area contributed by atoms with Gasteiger partial charge in [-0.2, -0.15) is 13.2 Å². The molecular weight excluding hydrogens is 453 g/mol. The van der Waals surface area contributed by atoms with Gasteiger partial charge in [0, 0.05) is 25.1 Å². The largest absolute Gasteiger partial charge is 0.481 e. The molecule has 1 aliphatic heterocycles. The third kappa shape index (κ3) is 5.36. The van der Waals surface area contributed by atoms with Crippen LogP contribution >= 0.6 is 0 Å². The monoisotopic (exact) mass is 474 g/mol. The topological polar surface area (TPSA) is 109 Å². The Kier molecular flexibility index (Phi) is 6.53. The van der Waals surface area contributed by atoms with E-state index in [0.29, 0.717) is 24.5 Å². The lowest BCUT2D eigenvalue weighted by molar-refractivity contribution is -0.153. The Morgan fingerprint density at radius 2 is 1.82 bits per heavy atom. The molecule has 0 spiro atoms. The number of carbonyl (C=O) groups is 2. The minimum absolute atomic E-state index is 0.123. The van der Waals surface area contributed by atoms with Gasteiger partial charge >= 0.3 is 12.1 Å². The predicted octanol–water partition coefficient (Wildman–Crippen LogP) is 4.70. The Hall–Kier alpha value is -3.89. The van der Waals surface area contributed by atoms with Gasteiger partial charge < -0.3 is 19.7 Å². The quantitative estimate of drug-likeness (QED) is 0.533. The number of benzene rings is 1. The Morgan fingerprint density at radius 3 is 2.41 bits per heavy atom. The summed E-state index contributed by atoms with van der Waals surface area (Å²) < 4.78 is 45.3. The standard InChI is InChI=1S/C23H21F3N4O4/c24-23(25,26)20-19(29-22(34-20)15-4-2-1-3-5-15)21(33)28-16-6-7-17(27-13-16)30-10-8-14(9-11-30)12-18(31)32/h1-7,13-14H,8-12H2,(H,28,33)(H,31,32). The average Bonchev–Trinajstić information content (AvgIpc) is 3.27. The van der Waals surface area contributed by atoms with Crippen LogP contribution in [-0.2, 0) is 11.0 Å². The maximum Gasteiger partial charge on any atom is 0.452 e. The zero-order valence-electron chi connectivity index (χ0n) is 17.9. The molecule has 1 aromatic carbocycles. The van der Waals surface area contributed by atoms with Crippen LogP contribution in [0.4, 0.5) is 24.7 Å². The number of aliphatic carboxylic acids is 1. The molecule has 2 aromatic heterocycles. The van der Waals surface area contributed by atoms with Crippen LogP contribution in [0.5, 0.6) is 0 Å². The number of nitrogens with one attached hydrogen (secondary N) is 1. The molecular formula is C23H21F3N4O4. The molecule has 0 unspecified atom stereocenters. The van der Waals surface area contributed by atoms with E-state index in [9.17, 15) is 22.8 Å². The van der Waals surface area contributed by atoms with Crippen molar-refractivity contribution in [2.75, 3.05) is 23.3 Å². The molecule has 1 amide bonds. The number of carboxylic acid groups (broad SMARTS) is 1. The lowest BCUT2D eigenvalue weighted by Gasteiger charge is -2.32. The van der Waals surface area contributed by atoms with Crippen LogP contribution in [0, 0.1) is 5.92 Å². The van der Waals surface area contributed by atoms with E-state index in [2.05, 4.69) is 15.3 Å². The van der Waals surface area contributed by atoms with E-state index in [1.165, 1.54) is 24.4 Å². The Labute approximate surface area is 192 Å². The third-order valence-electron chi connectivity index (χ3n) is 5.53. The first-order valence-electron chi connectivity index (χ1n) is 10.6. The molecule has 1 saturated heterocycles. The second-order valence-electron chi connectivity index (χ2n) is 7.95. The highest BCUT2D eigenvalue weighted by atomic mass is 19.4. The first-order chi connectivity index (χ1) is 16.2. The van der Waals surface area contributed by atoms with E-state index in [-0.39, 0.29) is 23.9 Å². The fourth-order valence-electron chi connectivity index (χ4n) is 3.82. The number of amides is 1. The van der Waals surface area contributed by atoms with Crippen molar-refractivity contribution in [1.29, 1.82) is 0 Å². The molecule has 0 radical (unpaired) electrons. The van der Waals surface area contributed by atoms with Crippen LogP contribution in [0.2, 0.25) is 0 Å². The Morgan fingerprint density at radius 1 is 1.12 bits per heavy atom. The second-order valence-corrected chi connectivity index (χ2v) is 7.95. The smallest absolute Gasteiger partial charge is 0.452 e. The molecule has 178 valence electrons. The Balaban J connectivity index is 1.46. The fourth-order valence-corrected chi connectivity index (χ4v) is 3.82. The minimum atomic E-state index is -4.90. The summed E-state index contributed by atoms with van der Waals surface area (Å²) in [7, 11) is 0. The molecule has 0 aliphatic carbocycles. The number of nitrogens with zero attached hydrogens (tertiary/aromatic N) is 3. The number of aromatic nitrogens is 2. The maximum absolute atomic E-state index is 13.5. The number of hydrogen-bond acceptors (Lipinski definition) is 6. The van der Waals surface area contributed by atoms with Crippen molar-refractivity contribution < 1.29 is 32.3 Å². The van der Waals surface area contributed by atoms with Gasteiger partial charge in [-0.3, -0.25) is 9.59 Å². The van der Waals surface area contributed by atoms with Gasteiger partial charge in [-0.25, -0.2) is 9.97 Å². The predicted molar refractivity (Wildman–Crippen MR) is 116 cm³/mol. The summed E-state index contributed by atoms with van der Waals surface area (Å²) in [6.07, 6.45) is -1.96. The molecule has 0 bridgehead atoms. The van der Waals surface area contributed by atoms with Crippen LogP contribution in [0.1, 0.15) is 35.5 Å². The van der Waals surface area contributed by atoms with Gasteiger partial charge in [0.1, 0.15) is 5.82 Å². The number of oxazole rings is 1. The number of halogens is 3. The summed E-state index contributed by atoms with van der Waals surface area (Å²) in [5, 5.41) is 11.3. The fraction of sp³-hybridized carbons (Fsp3) is 0.304. The number of carbonyl (C=O) groups excluding carboxylic acids is 1. The first kappa shape index (κ1) is 23.3. The van der Waals surface area contributed by atoms with Gasteiger partial charge in [0.05, 0.1) is 11.9 Å². The van der Waals surface area contributed by atoms with Crippen LogP contribution in [-0.4, -0.2) is 40.0 Å². The van der Waals surface area contributed by atoms with Gasteiger partial charge in [-0.05, 0) is 43.0 Å². The van der Waals surface area contributed by atoms with Crippen molar-refractivity contribution in [2.45, 2.75) is 25.4 Å². The molecule has 3 aromatic rings. The highest BCUT2D eigenvalue weighted by Gasteiger charge is 2.42. The molecule has 4 rings (SSSR count). The van der Waals surface area contributed by atoms with E-state index < -0.39 is 29.5 Å². The molecule has 34 heavy (non-hydrogen) atoms. The van der Waals surface area contributed by atoms with Crippen LogP contribution in [0.25, 0.3) is 11.5 Å². The van der Waals surface area contributed by atoms with Crippen molar-refractivity contribution in [3.05, 3.63) is 60.1 Å². The number of hydrogen-bond donors (Lipinski definition) is 2. The molecule has 11 heteroatoms. The molecule has 2 N–H and O–H groups in total. The average molecular weight is 474 g/mol. The summed E-state index contributed by atoms with van der Waals surface area (Å²) in [5.74, 6) is -2.90. The molecule has 0 saturated carbocycles. The summed E-state index contributed by atoms with van der Waals surface area (Å²) in [6, 6.07) is 11.2. The van der Waals surface area contributed by atoms with Crippen LogP contribution in [0.15, 0.2) is 53.1 Å². The lowest BCUT2D eigenvalue weighted by atomic mass is 9.94. The number of piperidine rings is 1. The summed E-state index contributed by atoms with van der Waals surface area (Å²) in [5.41, 5.74) is -0.354. The van der Waals surface area contributed by atoms with E-state index in [1.807, 2.05) is 4.90 Å². The van der Waals surface area contributed by atoms with Crippen molar-refractivity contribution in [3.8, 4) is 11.5 Å². The van der Waals surface area contributed by atoms with Gasteiger partial charge in [0.25, 0.3) is 5.91 Å². The number of rotatable bonds is 6. The number of pyridine rings is 1. The molecule has 8 nitrogen and oxygen atoms in total. The SMILES string of the molecule is O=C(O)CC1CCN(c2ccc(NC(=O)c3nc(-c4ccccc4)oc3C(F)(F)F)cn2)CC1. The molecule has 1 fully saturated rings. The normalized spacial score (nSPS) is 14.7. The van der Waals surface area contributed by atoms with Gasteiger partial charge in [0.15, 0.2) is 5.69 Å². The van der Waals surface area contributed by atoms with Crippen LogP contribution in [0.3, 0.4) is 0 Å². The highest BCUT2D eigenvalue weighted by molar-refractivity contribution is 6.04. The maximum atomic E-state index is 13.5. The highest BCUT2D eigenvalue weighted by Crippen LogP contribution is 2.35. The number of carboxylic acids is 1. The first-order valence-corrected chi connectivity index (χ1v) is 10.6. The van der Waals surface area contributed by atoms with Crippen molar-refractivity contribution in [3.63, 3.8) is 0 Å². The van der Waals surface area contributed by atoms with Crippen molar-refractivity contribution >= 4 is 23.4 Å². The van der Waals surface area contributed by atoms with E-state index in [4.69, 9.17) is 9.52 Å². The van der Waals surface area contributed by atoms with E-state index >= 15 is 0 Å². The summed E-state index contributed by atoms with van der Waals surface area (Å²) >= 11 is 0. The molecule has 1 aliphatic rings. The van der Waals surface area contributed by atoms with Gasteiger partial charge in [-0.1, -0.05) is 18.2 Å². The second kappa shape index (κ2) is 9.54. The van der Waals surface area contributed by atoms with Crippen molar-refractivity contribution in [1.82, 2.24) is 9.97 Å². The van der Waals surface area contributed by atoms with E-state index in [1.54, 1.807) is 24.3 Å². The molecule has 3 heterocycles. The zero-order valence-corrected chi connectivity index (χ0v) is 17.9. The minimum Gasteiger partial charge on any atom is -0.481 e. The summed E-state index contributed by atoms with van der Waals surface area (Å²) in [6.45, 7) is 1.29. The van der Waals surface area contributed by atoms with Gasteiger partial charge in [0.2, 0.25) is 11.7 Å². The summed E-state index contributed by atoms with van der Waals surface area (Å²) in [4.78, 5) is 33.6. The van der Waals surface area contributed by atoms with Gasteiger partial charge in [-0.15, -0.1) is 0 Å². The number of anilines is 2. The van der Waals surface area contributed by atoms with E-state index in [0.717, 1.165) is 12.8 Å². The molecule has 0 atom stereocenters.